The van der Waals surface area contributed by atoms with Gasteiger partial charge in [-0.1, -0.05) is 54.1 Å². The van der Waals surface area contributed by atoms with Gasteiger partial charge in [-0.05, 0) is 74.6 Å². The number of carbonyl (C=O) groups is 3. The van der Waals surface area contributed by atoms with E-state index in [1.165, 1.54) is 4.90 Å². The molecule has 10 heteroatoms. The largest absolute Gasteiger partial charge is 0.494 e. The molecule has 3 aromatic carbocycles. The number of ether oxygens (including phenoxy) is 2. The smallest absolute Gasteiger partial charge is 0.250 e. The van der Waals surface area contributed by atoms with E-state index in [2.05, 4.69) is 10.6 Å². The summed E-state index contributed by atoms with van der Waals surface area (Å²) in [7, 11) is 0. The van der Waals surface area contributed by atoms with Crippen molar-refractivity contribution < 1.29 is 29.0 Å². The van der Waals surface area contributed by atoms with Crippen LogP contribution in [0.25, 0.3) is 0 Å². The zero-order valence-electron chi connectivity index (χ0n) is 24.7. The first kappa shape index (κ1) is 30.1. The van der Waals surface area contributed by atoms with Gasteiger partial charge in [0.05, 0.1) is 47.9 Å². The van der Waals surface area contributed by atoms with Gasteiger partial charge in [0.25, 0.3) is 0 Å². The number of rotatable bonds is 10. The third-order valence-electron chi connectivity index (χ3n) is 9.11. The quantitative estimate of drug-likeness (QED) is 0.306. The van der Waals surface area contributed by atoms with Gasteiger partial charge < -0.3 is 30.1 Å². The summed E-state index contributed by atoms with van der Waals surface area (Å²) >= 11 is 6.47. The molecule has 2 unspecified atom stereocenters. The molecule has 44 heavy (non-hydrogen) atoms. The van der Waals surface area contributed by atoms with Gasteiger partial charge in [-0.25, -0.2) is 0 Å². The number of anilines is 2. The van der Waals surface area contributed by atoms with Crippen LogP contribution in [-0.2, 0) is 25.5 Å². The maximum Gasteiger partial charge on any atom is 0.250 e. The molecule has 6 rings (SSSR count). The van der Waals surface area contributed by atoms with Gasteiger partial charge in [0, 0.05) is 5.69 Å². The number of para-hydroxylation sites is 1. The predicted octanol–water partition coefficient (Wildman–Crippen LogP) is 4.60. The first-order valence-electron chi connectivity index (χ1n) is 15.0. The van der Waals surface area contributed by atoms with Crippen LogP contribution in [0.4, 0.5) is 11.4 Å². The van der Waals surface area contributed by atoms with Crippen molar-refractivity contribution in [2.24, 2.45) is 11.8 Å². The lowest BCUT2D eigenvalue weighted by Crippen LogP contribution is -2.56. The zero-order valence-corrected chi connectivity index (χ0v) is 25.4. The highest BCUT2D eigenvalue weighted by atomic mass is 35.5. The highest BCUT2D eigenvalue weighted by Gasteiger charge is 2.75. The van der Waals surface area contributed by atoms with Gasteiger partial charge in [-0.2, -0.15) is 0 Å². The fraction of sp³-hybridized carbons (Fsp3) is 0.382. The Bertz CT molecular complexity index is 1530. The van der Waals surface area contributed by atoms with E-state index < -0.39 is 41.5 Å². The van der Waals surface area contributed by atoms with Crippen LogP contribution in [0.15, 0.2) is 72.8 Å². The Morgan fingerprint density at radius 1 is 1.07 bits per heavy atom. The van der Waals surface area contributed by atoms with E-state index >= 15 is 0 Å². The van der Waals surface area contributed by atoms with Crippen molar-refractivity contribution in [2.75, 3.05) is 23.8 Å². The molecule has 0 radical (unpaired) electrons. The van der Waals surface area contributed by atoms with Gasteiger partial charge in [0.2, 0.25) is 17.7 Å². The molecule has 0 aromatic heterocycles. The van der Waals surface area contributed by atoms with Crippen molar-refractivity contribution in [2.45, 2.75) is 56.9 Å². The standard InChI is InChI=1S/C34H36ClN3O6/c1-3-43-24-14-12-22(13-15-24)36-31(40)27-26-16-17-34(44-26)28(27)33(42)38(23(19-39)18-21-9-5-4-6-10-21)30(34)32(41)37-29-20(2)8-7-11-25(29)35/h4-15,23,26-28,30,39H,3,16-19H2,1-2H3,(H,36,40)(H,37,41)/t23-,26-,27+,28+,30?,34?/m1/s1. The molecule has 0 saturated carbocycles. The molecule has 3 N–H and O–H groups in total. The van der Waals surface area contributed by atoms with Gasteiger partial charge in [-0.15, -0.1) is 0 Å². The molecular formula is C34H36ClN3O6. The topological polar surface area (TPSA) is 117 Å². The maximum absolute atomic E-state index is 14.5. The fourth-order valence-corrected chi connectivity index (χ4v) is 7.50. The molecule has 0 aliphatic carbocycles. The second-order valence-corrected chi connectivity index (χ2v) is 12.1. The number of nitrogens with zero attached hydrogens (tertiary/aromatic N) is 1. The van der Waals surface area contributed by atoms with E-state index in [4.69, 9.17) is 21.1 Å². The van der Waals surface area contributed by atoms with Crippen LogP contribution in [-0.4, -0.2) is 64.7 Å². The second kappa shape index (κ2) is 12.2. The highest BCUT2D eigenvalue weighted by molar-refractivity contribution is 6.34. The molecule has 3 aromatic rings. The van der Waals surface area contributed by atoms with Crippen LogP contribution < -0.4 is 15.4 Å². The van der Waals surface area contributed by atoms with Gasteiger partial charge in [0.1, 0.15) is 17.4 Å². The molecule has 9 nitrogen and oxygen atoms in total. The Labute approximate surface area is 261 Å². The van der Waals surface area contributed by atoms with Crippen LogP contribution in [0.5, 0.6) is 5.75 Å². The van der Waals surface area contributed by atoms with Crippen LogP contribution in [0.1, 0.15) is 30.9 Å². The lowest BCUT2D eigenvalue weighted by Gasteiger charge is -2.37. The summed E-state index contributed by atoms with van der Waals surface area (Å²) in [5, 5.41) is 16.9. The molecule has 3 aliphatic heterocycles. The number of hydrogen-bond acceptors (Lipinski definition) is 6. The van der Waals surface area contributed by atoms with E-state index in [1.54, 1.807) is 36.4 Å². The summed E-state index contributed by atoms with van der Waals surface area (Å²) in [5.74, 6) is -2.18. The molecule has 1 spiro atoms. The number of amides is 3. The minimum absolute atomic E-state index is 0.327. The number of benzene rings is 3. The van der Waals surface area contributed by atoms with Crippen LogP contribution in [0.3, 0.4) is 0 Å². The molecular weight excluding hydrogens is 582 g/mol. The van der Waals surface area contributed by atoms with Crippen molar-refractivity contribution >= 4 is 40.7 Å². The lowest BCUT2D eigenvalue weighted by atomic mass is 9.70. The van der Waals surface area contributed by atoms with Crippen molar-refractivity contribution in [1.82, 2.24) is 4.90 Å². The highest BCUT2D eigenvalue weighted by Crippen LogP contribution is 2.59. The molecule has 3 aliphatic rings. The minimum atomic E-state index is -1.23. The third kappa shape index (κ3) is 5.23. The summed E-state index contributed by atoms with van der Waals surface area (Å²) in [4.78, 5) is 44.1. The lowest BCUT2D eigenvalue weighted by molar-refractivity contribution is -0.143. The van der Waals surface area contributed by atoms with Crippen molar-refractivity contribution in [1.29, 1.82) is 0 Å². The van der Waals surface area contributed by atoms with Gasteiger partial charge in [0.15, 0.2) is 0 Å². The van der Waals surface area contributed by atoms with Crippen molar-refractivity contribution in [3.63, 3.8) is 0 Å². The monoisotopic (exact) mass is 617 g/mol. The molecule has 2 bridgehead atoms. The summed E-state index contributed by atoms with van der Waals surface area (Å²) in [6.07, 6.45) is 0.761. The number of aryl methyl sites for hydroxylation is 1. The molecule has 3 amide bonds. The van der Waals surface area contributed by atoms with Crippen LogP contribution >= 0.6 is 11.6 Å². The fourth-order valence-electron chi connectivity index (χ4n) is 7.23. The summed E-state index contributed by atoms with van der Waals surface area (Å²) < 4.78 is 12.1. The van der Waals surface area contributed by atoms with Crippen LogP contribution in [0, 0.1) is 18.8 Å². The zero-order chi connectivity index (χ0) is 31.0. The van der Waals surface area contributed by atoms with E-state index in [-0.39, 0.29) is 18.4 Å². The van der Waals surface area contributed by atoms with Gasteiger partial charge >= 0.3 is 0 Å². The maximum atomic E-state index is 14.5. The Hall–Kier alpha value is -3.92. The number of aliphatic hydroxyl groups excluding tert-OH is 1. The number of aliphatic hydroxyl groups is 1. The number of carbonyl (C=O) groups excluding carboxylic acids is 3. The predicted molar refractivity (Wildman–Crippen MR) is 167 cm³/mol. The Balaban J connectivity index is 1.35. The average molecular weight is 618 g/mol. The normalized spacial score (nSPS) is 25.9. The number of nitrogens with one attached hydrogen (secondary N) is 2. The summed E-state index contributed by atoms with van der Waals surface area (Å²) in [5.41, 5.74) is 1.46. The number of fused-ring (bicyclic) bond motifs is 1. The first-order valence-corrected chi connectivity index (χ1v) is 15.4. The second-order valence-electron chi connectivity index (χ2n) is 11.7. The Kier molecular flexibility index (Phi) is 8.37. The third-order valence-corrected chi connectivity index (χ3v) is 9.43. The SMILES string of the molecule is CCOc1ccc(NC(=O)[C@@H]2[C@H]3C(=O)N([C@@H](CO)Cc4ccccc4)C(C(=O)Nc4c(C)cccc4Cl)C34CC[C@H]2O4)cc1. The molecule has 3 fully saturated rings. The van der Waals surface area contributed by atoms with E-state index in [0.29, 0.717) is 48.0 Å². The minimum Gasteiger partial charge on any atom is -0.494 e. The first-order chi connectivity index (χ1) is 21.3. The van der Waals surface area contributed by atoms with Crippen molar-refractivity contribution in [3.05, 3.63) is 88.9 Å². The molecule has 3 saturated heterocycles. The summed E-state index contributed by atoms with van der Waals surface area (Å²) in [6, 6.07) is 20.1. The van der Waals surface area contributed by atoms with E-state index in [9.17, 15) is 19.5 Å². The molecule has 230 valence electrons. The van der Waals surface area contributed by atoms with E-state index in [0.717, 1.165) is 11.1 Å². The number of halogens is 1. The van der Waals surface area contributed by atoms with E-state index in [1.807, 2.05) is 50.2 Å². The molecule has 6 atom stereocenters. The number of likely N-dealkylation sites (tertiary alicyclic amines) is 1. The Morgan fingerprint density at radius 3 is 2.50 bits per heavy atom. The number of hydrogen-bond donors (Lipinski definition) is 3. The average Bonchev–Trinajstić information content (AvgIpc) is 3.67. The molecule has 3 heterocycles. The Morgan fingerprint density at radius 2 is 1.82 bits per heavy atom. The van der Waals surface area contributed by atoms with Crippen molar-refractivity contribution in [3.8, 4) is 5.75 Å². The van der Waals surface area contributed by atoms with Crippen LogP contribution in [0.2, 0.25) is 5.02 Å². The summed E-state index contributed by atoms with van der Waals surface area (Å²) in [6.45, 7) is 3.89. The van der Waals surface area contributed by atoms with Gasteiger partial charge in [-0.3, -0.25) is 14.4 Å².